The molecule has 1 aliphatic rings. The van der Waals surface area contributed by atoms with Crippen molar-refractivity contribution in [3.63, 3.8) is 0 Å². The molecule has 172 valence electrons. The number of para-hydroxylation sites is 1. The molecule has 12 heteroatoms. The molecule has 8 nitrogen and oxygen atoms in total. The number of rotatable bonds is 5. The highest BCUT2D eigenvalue weighted by Gasteiger charge is 2.41. The van der Waals surface area contributed by atoms with E-state index in [0.29, 0.717) is 12.8 Å². The zero-order chi connectivity index (χ0) is 23.5. The van der Waals surface area contributed by atoms with Crippen LogP contribution in [0.3, 0.4) is 0 Å². The first-order chi connectivity index (χ1) is 15.0. The van der Waals surface area contributed by atoms with Crippen molar-refractivity contribution in [3.8, 4) is 0 Å². The molecule has 0 aromatic heterocycles. The van der Waals surface area contributed by atoms with Gasteiger partial charge in [-0.15, -0.1) is 0 Å². The van der Waals surface area contributed by atoms with Crippen molar-refractivity contribution in [1.82, 2.24) is 4.31 Å². The van der Waals surface area contributed by atoms with Crippen LogP contribution >= 0.6 is 0 Å². The van der Waals surface area contributed by atoms with E-state index in [1.165, 1.54) is 31.4 Å². The van der Waals surface area contributed by atoms with Crippen molar-refractivity contribution in [2.75, 3.05) is 24.3 Å². The van der Waals surface area contributed by atoms with E-state index in [2.05, 4.69) is 10.6 Å². The summed E-state index contributed by atoms with van der Waals surface area (Å²) in [6.07, 6.45) is -3.72. The molecular weight excluding hydrogens is 451 g/mol. The molecule has 0 spiro atoms. The number of carbonyl (C=O) groups is 2. The van der Waals surface area contributed by atoms with Crippen LogP contribution in [0, 0.1) is 0 Å². The zero-order valence-electron chi connectivity index (χ0n) is 16.8. The van der Waals surface area contributed by atoms with E-state index in [0.717, 1.165) is 28.6 Å². The van der Waals surface area contributed by atoms with Crippen LogP contribution in [0.1, 0.15) is 18.4 Å². The fourth-order valence-corrected chi connectivity index (χ4v) is 5.14. The zero-order valence-corrected chi connectivity index (χ0v) is 17.7. The minimum Gasteiger partial charge on any atom is -0.468 e. The van der Waals surface area contributed by atoms with Crippen LogP contribution in [0.25, 0.3) is 0 Å². The molecule has 2 N–H and O–H groups in total. The monoisotopic (exact) mass is 471 g/mol. The number of benzene rings is 2. The van der Waals surface area contributed by atoms with Crippen molar-refractivity contribution < 1.29 is 35.9 Å². The largest absolute Gasteiger partial charge is 0.468 e. The maximum atomic E-state index is 13.2. The molecule has 1 aliphatic heterocycles. The van der Waals surface area contributed by atoms with Gasteiger partial charge in [0.25, 0.3) is 0 Å². The molecule has 0 unspecified atom stereocenters. The predicted octanol–water partition coefficient (Wildman–Crippen LogP) is 3.68. The first-order valence-electron chi connectivity index (χ1n) is 9.48. The summed E-state index contributed by atoms with van der Waals surface area (Å²) in [7, 11) is -2.98. The van der Waals surface area contributed by atoms with Crippen LogP contribution in [-0.2, 0) is 25.7 Å². The summed E-state index contributed by atoms with van der Waals surface area (Å²) in [6, 6.07) is 7.61. The second-order valence-electron chi connectivity index (χ2n) is 6.95. The summed E-state index contributed by atoms with van der Waals surface area (Å²) < 4.78 is 70.1. The lowest BCUT2D eigenvalue weighted by atomic mass is 10.2. The van der Waals surface area contributed by atoms with E-state index in [1.807, 2.05) is 0 Å². The van der Waals surface area contributed by atoms with Gasteiger partial charge in [0.15, 0.2) is 0 Å². The van der Waals surface area contributed by atoms with E-state index in [4.69, 9.17) is 4.74 Å². The van der Waals surface area contributed by atoms with Crippen molar-refractivity contribution >= 4 is 33.4 Å². The van der Waals surface area contributed by atoms with Crippen LogP contribution in [0.5, 0.6) is 0 Å². The van der Waals surface area contributed by atoms with Crippen molar-refractivity contribution in [3.05, 3.63) is 54.1 Å². The highest BCUT2D eigenvalue weighted by Crippen LogP contribution is 2.32. The third-order valence-corrected chi connectivity index (χ3v) is 6.84. The SMILES string of the molecule is COC(=O)[C@@H]1CCCN1S(=O)(=O)c1ccccc1NC(=O)Nc1ccc(C(F)(F)F)cc1. The van der Waals surface area contributed by atoms with E-state index < -0.39 is 39.8 Å². The number of hydrogen-bond donors (Lipinski definition) is 2. The Hall–Kier alpha value is -3.12. The standard InChI is InChI=1S/C20H20F3N3O5S/c1-31-18(27)16-6-4-12-26(16)32(29,30)17-7-3-2-5-15(17)25-19(28)24-14-10-8-13(9-11-14)20(21,22)23/h2-3,5,7-11,16H,4,6,12H2,1H3,(H2,24,25,28)/t16-/m0/s1. The number of nitrogens with zero attached hydrogens (tertiary/aromatic N) is 1. The van der Waals surface area contributed by atoms with Crippen LogP contribution in [0.15, 0.2) is 53.4 Å². The lowest BCUT2D eigenvalue weighted by Crippen LogP contribution is -2.41. The summed E-state index contributed by atoms with van der Waals surface area (Å²) >= 11 is 0. The van der Waals surface area contributed by atoms with E-state index >= 15 is 0 Å². The lowest BCUT2D eigenvalue weighted by molar-refractivity contribution is -0.144. The maximum absolute atomic E-state index is 13.2. The Bertz CT molecular complexity index is 1100. The van der Waals surface area contributed by atoms with Gasteiger partial charge < -0.3 is 15.4 Å². The molecule has 0 aliphatic carbocycles. The fourth-order valence-electron chi connectivity index (χ4n) is 3.35. The highest BCUT2D eigenvalue weighted by atomic mass is 32.2. The number of esters is 1. The molecule has 1 atom stereocenters. The second-order valence-corrected chi connectivity index (χ2v) is 8.81. The van der Waals surface area contributed by atoms with Crippen LogP contribution in [0.4, 0.5) is 29.3 Å². The molecule has 0 bridgehead atoms. The van der Waals surface area contributed by atoms with Gasteiger partial charge in [-0.05, 0) is 49.2 Å². The number of hydrogen-bond acceptors (Lipinski definition) is 5. The highest BCUT2D eigenvalue weighted by molar-refractivity contribution is 7.89. The fraction of sp³-hybridized carbons (Fsp3) is 0.300. The third kappa shape index (κ3) is 5.02. The number of urea groups is 1. The number of sulfonamides is 1. The summed E-state index contributed by atoms with van der Waals surface area (Å²) in [5.74, 6) is -0.670. The Morgan fingerprint density at radius 2 is 1.72 bits per heavy atom. The number of halogens is 3. The van der Waals surface area contributed by atoms with Gasteiger partial charge in [-0.25, -0.2) is 13.2 Å². The summed E-state index contributed by atoms with van der Waals surface area (Å²) in [4.78, 5) is 24.1. The Balaban J connectivity index is 1.79. The first-order valence-corrected chi connectivity index (χ1v) is 10.9. The number of nitrogens with one attached hydrogen (secondary N) is 2. The smallest absolute Gasteiger partial charge is 0.416 e. The number of anilines is 2. The van der Waals surface area contributed by atoms with Crippen LogP contribution in [0.2, 0.25) is 0 Å². The Morgan fingerprint density at radius 3 is 2.34 bits per heavy atom. The minimum atomic E-state index is -4.51. The van der Waals surface area contributed by atoms with Crippen molar-refractivity contribution in [1.29, 1.82) is 0 Å². The quantitative estimate of drug-likeness (QED) is 0.648. The molecule has 3 rings (SSSR count). The number of carbonyl (C=O) groups excluding carboxylic acids is 2. The number of amides is 2. The maximum Gasteiger partial charge on any atom is 0.416 e. The van der Waals surface area contributed by atoms with Gasteiger partial charge in [0.05, 0.1) is 18.4 Å². The molecule has 2 amide bonds. The average molecular weight is 471 g/mol. The van der Waals surface area contributed by atoms with Gasteiger partial charge in [0.1, 0.15) is 10.9 Å². The van der Waals surface area contributed by atoms with E-state index in [-0.39, 0.29) is 22.8 Å². The van der Waals surface area contributed by atoms with Crippen LogP contribution < -0.4 is 10.6 Å². The Morgan fingerprint density at radius 1 is 1.06 bits per heavy atom. The average Bonchev–Trinajstić information content (AvgIpc) is 3.24. The number of methoxy groups -OCH3 is 1. The predicted molar refractivity (Wildman–Crippen MR) is 109 cm³/mol. The Labute approximate surface area is 182 Å². The van der Waals surface area contributed by atoms with Crippen LogP contribution in [-0.4, -0.2) is 44.4 Å². The summed E-state index contributed by atoms with van der Waals surface area (Å²) in [5.41, 5.74) is -0.834. The van der Waals surface area contributed by atoms with E-state index in [1.54, 1.807) is 0 Å². The van der Waals surface area contributed by atoms with Gasteiger partial charge in [0.2, 0.25) is 10.0 Å². The molecule has 0 saturated carbocycles. The first kappa shape index (κ1) is 23.5. The Kier molecular flexibility index (Phi) is 6.74. The van der Waals surface area contributed by atoms with Gasteiger partial charge in [-0.1, -0.05) is 12.1 Å². The topological polar surface area (TPSA) is 105 Å². The molecule has 2 aromatic carbocycles. The third-order valence-electron chi connectivity index (χ3n) is 4.87. The molecule has 32 heavy (non-hydrogen) atoms. The normalized spacial score (nSPS) is 17.1. The molecule has 1 fully saturated rings. The van der Waals surface area contributed by atoms with E-state index in [9.17, 15) is 31.2 Å². The molecular formula is C20H20F3N3O5S. The van der Waals surface area contributed by atoms with Crippen molar-refractivity contribution in [2.45, 2.75) is 30.0 Å². The van der Waals surface area contributed by atoms with Gasteiger partial charge in [-0.3, -0.25) is 4.79 Å². The van der Waals surface area contributed by atoms with Gasteiger partial charge in [-0.2, -0.15) is 17.5 Å². The molecule has 1 heterocycles. The summed E-state index contributed by atoms with van der Waals surface area (Å²) in [6.45, 7) is 0.119. The minimum absolute atomic E-state index is 0.0487. The van der Waals surface area contributed by atoms with Gasteiger partial charge in [0, 0.05) is 12.2 Å². The molecule has 1 saturated heterocycles. The lowest BCUT2D eigenvalue weighted by Gasteiger charge is -2.23. The number of alkyl halides is 3. The van der Waals surface area contributed by atoms with Crippen molar-refractivity contribution in [2.24, 2.45) is 0 Å². The summed E-state index contributed by atoms with van der Waals surface area (Å²) in [5, 5.41) is 4.75. The number of ether oxygens (including phenoxy) is 1. The second kappa shape index (κ2) is 9.17. The molecule has 2 aromatic rings. The molecule has 0 radical (unpaired) electrons. The van der Waals surface area contributed by atoms with Gasteiger partial charge >= 0.3 is 18.2 Å².